The van der Waals surface area contributed by atoms with Crippen LogP contribution in [0.15, 0.2) is 48.5 Å². The molecule has 2 rings (SSSR count). The smallest absolute Gasteiger partial charge is 0.261 e. The summed E-state index contributed by atoms with van der Waals surface area (Å²) in [5.41, 5.74) is 0.866. The third-order valence-corrected chi connectivity index (χ3v) is 5.07. The van der Waals surface area contributed by atoms with Gasteiger partial charge < -0.3 is 19.7 Å². The van der Waals surface area contributed by atoms with E-state index in [1.807, 2.05) is 45.0 Å². The molecule has 0 saturated carbocycles. The molecule has 2 atom stereocenters. The van der Waals surface area contributed by atoms with Crippen molar-refractivity contribution >= 4 is 11.8 Å². The number of rotatable bonds is 11. The lowest BCUT2D eigenvalue weighted by atomic mass is 10.1. The van der Waals surface area contributed by atoms with Gasteiger partial charge >= 0.3 is 0 Å². The minimum Gasteiger partial charge on any atom is -0.497 e. The Balaban J connectivity index is 2.20. The van der Waals surface area contributed by atoms with Crippen molar-refractivity contribution in [2.45, 2.75) is 52.2 Å². The van der Waals surface area contributed by atoms with Crippen molar-refractivity contribution in [2.24, 2.45) is 0 Å². The number of ether oxygens (including phenoxy) is 2. The summed E-state index contributed by atoms with van der Waals surface area (Å²) in [6.07, 6.45) is 1.25. The Hall–Kier alpha value is -3.09. The summed E-state index contributed by atoms with van der Waals surface area (Å²) in [5.74, 6) is 0.193. The van der Waals surface area contributed by atoms with Crippen LogP contribution in [0.1, 0.15) is 39.2 Å². The minimum absolute atomic E-state index is 0.00922. The maximum Gasteiger partial charge on any atom is 0.261 e. The van der Waals surface area contributed by atoms with Gasteiger partial charge in [-0.25, -0.2) is 4.39 Å². The molecular formula is C24H31FN2O4. The van der Waals surface area contributed by atoms with Crippen molar-refractivity contribution in [3.8, 4) is 11.5 Å². The van der Waals surface area contributed by atoms with E-state index in [0.29, 0.717) is 17.9 Å². The molecule has 0 aliphatic carbocycles. The molecule has 1 N–H and O–H groups in total. The maximum absolute atomic E-state index is 13.1. The fourth-order valence-corrected chi connectivity index (χ4v) is 3.05. The van der Waals surface area contributed by atoms with Crippen molar-refractivity contribution in [2.75, 3.05) is 13.7 Å². The number of hydrogen-bond acceptors (Lipinski definition) is 4. The lowest BCUT2D eigenvalue weighted by Crippen LogP contribution is -2.51. The molecule has 6 nitrogen and oxygen atoms in total. The van der Waals surface area contributed by atoms with Crippen LogP contribution in [0.2, 0.25) is 0 Å². The Morgan fingerprint density at radius 1 is 1.00 bits per heavy atom. The summed E-state index contributed by atoms with van der Waals surface area (Å²) >= 11 is 0. The van der Waals surface area contributed by atoms with Crippen LogP contribution >= 0.6 is 0 Å². The molecule has 31 heavy (non-hydrogen) atoms. The number of hydrogen-bond donors (Lipinski definition) is 1. The number of carbonyl (C=O) groups excluding carboxylic acids is 2. The molecule has 7 heteroatoms. The van der Waals surface area contributed by atoms with E-state index in [1.54, 1.807) is 7.11 Å². The number of benzene rings is 2. The Kier molecular flexibility index (Phi) is 9.31. The second-order valence-electron chi connectivity index (χ2n) is 7.35. The first-order chi connectivity index (χ1) is 14.9. The number of methoxy groups -OCH3 is 1. The largest absolute Gasteiger partial charge is 0.497 e. The van der Waals surface area contributed by atoms with Crippen molar-refractivity contribution in [1.29, 1.82) is 0 Å². The number of carbonyl (C=O) groups is 2. The maximum atomic E-state index is 13.1. The summed E-state index contributed by atoms with van der Waals surface area (Å²) in [6, 6.07) is 12.2. The standard InChI is InChI=1S/C24H31FN2O4/c1-5-17(3)26-24(29)22(6-2)27(15-18-7-11-20(30-4)12-8-18)23(28)16-31-21-13-9-19(25)10-14-21/h7-14,17,22H,5-6,15-16H2,1-4H3,(H,26,29)/t17-,22+/m0/s1. The average molecular weight is 431 g/mol. The molecule has 2 amide bonds. The topological polar surface area (TPSA) is 67.9 Å². The van der Waals surface area contributed by atoms with Gasteiger partial charge in [-0.05, 0) is 61.7 Å². The van der Waals surface area contributed by atoms with Crippen molar-refractivity contribution in [3.05, 3.63) is 59.9 Å². The van der Waals surface area contributed by atoms with Gasteiger partial charge in [0.1, 0.15) is 23.4 Å². The van der Waals surface area contributed by atoms with Crippen LogP contribution in [0.4, 0.5) is 4.39 Å². The highest BCUT2D eigenvalue weighted by molar-refractivity contribution is 5.88. The van der Waals surface area contributed by atoms with Gasteiger partial charge in [-0.15, -0.1) is 0 Å². The molecule has 0 aliphatic rings. The predicted octanol–water partition coefficient (Wildman–Crippen LogP) is 3.94. The monoisotopic (exact) mass is 430 g/mol. The van der Waals surface area contributed by atoms with E-state index in [4.69, 9.17) is 9.47 Å². The second-order valence-corrected chi connectivity index (χ2v) is 7.35. The number of amides is 2. The van der Waals surface area contributed by atoms with Gasteiger partial charge in [-0.1, -0.05) is 26.0 Å². The van der Waals surface area contributed by atoms with Crippen molar-refractivity contribution in [1.82, 2.24) is 10.2 Å². The highest BCUT2D eigenvalue weighted by Crippen LogP contribution is 2.17. The summed E-state index contributed by atoms with van der Waals surface area (Å²) < 4.78 is 23.8. The van der Waals surface area contributed by atoms with Gasteiger partial charge in [-0.2, -0.15) is 0 Å². The number of halogens is 1. The zero-order chi connectivity index (χ0) is 22.8. The zero-order valence-corrected chi connectivity index (χ0v) is 18.6. The Morgan fingerprint density at radius 3 is 2.16 bits per heavy atom. The zero-order valence-electron chi connectivity index (χ0n) is 18.6. The van der Waals surface area contributed by atoms with Crippen LogP contribution in [-0.4, -0.2) is 42.5 Å². The van der Waals surface area contributed by atoms with Gasteiger partial charge in [0.15, 0.2) is 6.61 Å². The van der Waals surface area contributed by atoms with Crippen LogP contribution in [-0.2, 0) is 16.1 Å². The van der Waals surface area contributed by atoms with Gasteiger partial charge in [0.2, 0.25) is 5.91 Å². The molecule has 0 unspecified atom stereocenters. The van der Waals surface area contributed by atoms with Crippen molar-refractivity contribution < 1.29 is 23.5 Å². The quantitative estimate of drug-likeness (QED) is 0.586. The summed E-state index contributed by atoms with van der Waals surface area (Å²) in [4.78, 5) is 27.5. The van der Waals surface area contributed by atoms with Crippen LogP contribution in [0.5, 0.6) is 11.5 Å². The normalized spacial score (nSPS) is 12.5. The predicted molar refractivity (Wildman–Crippen MR) is 117 cm³/mol. The fraction of sp³-hybridized carbons (Fsp3) is 0.417. The fourth-order valence-electron chi connectivity index (χ4n) is 3.05. The number of nitrogens with one attached hydrogen (secondary N) is 1. The van der Waals surface area contributed by atoms with E-state index in [2.05, 4.69) is 5.32 Å². The molecule has 0 aliphatic heterocycles. The molecule has 0 bridgehead atoms. The highest BCUT2D eigenvalue weighted by Gasteiger charge is 2.29. The summed E-state index contributed by atoms with van der Waals surface area (Å²) in [5, 5.41) is 2.96. The number of nitrogens with zero attached hydrogens (tertiary/aromatic N) is 1. The molecule has 0 heterocycles. The van der Waals surface area contributed by atoms with Gasteiger partial charge in [0.05, 0.1) is 7.11 Å². The van der Waals surface area contributed by atoms with Crippen LogP contribution < -0.4 is 14.8 Å². The van der Waals surface area contributed by atoms with E-state index in [-0.39, 0.29) is 36.8 Å². The van der Waals surface area contributed by atoms with E-state index in [1.165, 1.54) is 29.2 Å². The second kappa shape index (κ2) is 11.9. The van der Waals surface area contributed by atoms with E-state index < -0.39 is 6.04 Å². The first kappa shape index (κ1) is 24.2. The molecule has 2 aromatic carbocycles. The van der Waals surface area contributed by atoms with Gasteiger partial charge in [0, 0.05) is 12.6 Å². The van der Waals surface area contributed by atoms with E-state index in [9.17, 15) is 14.0 Å². The van der Waals surface area contributed by atoms with Gasteiger partial charge in [0.25, 0.3) is 5.91 Å². The SMILES string of the molecule is CC[C@H](C(=O)N[C@@H](C)CC)N(Cc1ccc(OC)cc1)C(=O)COc1ccc(F)cc1. The Morgan fingerprint density at radius 2 is 1.61 bits per heavy atom. The third kappa shape index (κ3) is 7.27. The van der Waals surface area contributed by atoms with Crippen LogP contribution in [0, 0.1) is 5.82 Å². The lowest BCUT2D eigenvalue weighted by Gasteiger charge is -2.31. The molecule has 0 saturated heterocycles. The van der Waals surface area contributed by atoms with Crippen molar-refractivity contribution in [3.63, 3.8) is 0 Å². The Labute approximate surface area is 183 Å². The molecule has 2 aromatic rings. The van der Waals surface area contributed by atoms with Gasteiger partial charge in [-0.3, -0.25) is 9.59 Å². The van der Waals surface area contributed by atoms with Crippen LogP contribution in [0.3, 0.4) is 0 Å². The first-order valence-corrected chi connectivity index (χ1v) is 10.5. The molecule has 0 fully saturated rings. The molecule has 0 spiro atoms. The van der Waals surface area contributed by atoms with E-state index >= 15 is 0 Å². The molecule has 168 valence electrons. The minimum atomic E-state index is -0.639. The third-order valence-electron chi connectivity index (χ3n) is 5.07. The molecule has 0 radical (unpaired) electrons. The average Bonchev–Trinajstić information content (AvgIpc) is 2.78. The molecule has 0 aromatic heterocycles. The molecular weight excluding hydrogens is 399 g/mol. The first-order valence-electron chi connectivity index (χ1n) is 10.5. The Bertz CT molecular complexity index is 840. The van der Waals surface area contributed by atoms with Crippen LogP contribution in [0.25, 0.3) is 0 Å². The highest BCUT2D eigenvalue weighted by atomic mass is 19.1. The summed E-state index contributed by atoms with van der Waals surface area (Å²) in [6.45, 7) is 5.79. The summed E-state index contributed by atoms with van der Waals surface area (Å²) in [7, 11) is 1.59. The lowest BCUT2D eigenvalue weighted by molar-refractivity contribution is -0.143. The van der Waals surface area contributed by atoms with E-state index in [0.717, 1.165) is 12.0 Å².